The first-order chi connectivity index (χ1) is 11.6. The van der Waals surface area contributed by atoms with Gasteiger partial charge in [0.25, 0.3) is 5.91 Å². The van der Waals surface area contributed by atoms with Crippen LogP contribution in [-0.2, 0) is 17.8 Å². The molecule has 0 aliphatic rings. The third-order valence-corrected chi connectivity index (χ3v) is 4.00. The molecule has 0 heterocycles. The first kappa shape index (κ1) is 18.3. The van der Waals surface area contributed by atoms with E-state index in [9.17, 15) is 4.79 Å². The predicted octanol–water partition coefficient (Wildman–Crippen LogP) is 1.72. The molecule has 0 saturated carbocycles. The van der Waals surface area contributed by atoms with Gasteiger partial charge in [0.15, 0.2) is 6.54 Å². The third-order valence-electron chi connectivity index (χ3n) is 3.77. The molecule has 1 amide bonds. The second-order valence-electron chi connectivity index (χ2n) is 5.85. The van der Waals surface area contributed by atoms with Crippen LogP contribution in [0.25, 0.3) is 0 Å². The maximum Gasteiger partial charge on any atom is 0.275 e. The zero-order chi connectivity index (χ0) is 17.4. The number of rotatable bonds is 8. The number of methoxy groups -OCH3 is 1. The van der Waals surface area contributed by atoms with E-state index in [1.807, 2.05) is 55.6 Å². The van der Waals surface area contributed by atoms with Gasteiger partial charge in [0.1, 0.15) is 12.3 Å². The average molecular weight is 348 g/mol. The van der Waals surface area contributed by atoms with E-state index < -0.39 is 0 Å². The lowest BCUT2D eigenvalue weighted by atomic mass is 10.1. The van der Waals surface area contributed by atoms with Crippen LogP contribution in [0.4, 0.5) is 0 Å². The number of hydrogen-bond acceptors (Lipinski definition) is 2. The molecule has 0 bridgehead atoms. The fourth-order valence-corrected chi connectivity index (χ4v) is 2.85. The van der Waals surface area contributed by atoms with E-state index in [4.69, 9.17) is 16.3 Å². The number of carbonyl (C=O) groups is 1. The SMILES string of the molecule is COc1ccccc1CCNC(=O)C[NH+](C)Cc1cccc(Cl)c1. The maximum atomic E-state index is 12.1. The fourth-order valence-electron chi connectivity index (χ4n) is 2.64. The fraction of sp³-hybridized carbons (Fsp3) is 0.316. The first-order valence-electron chi connectivity index (χ1n) is 8.03. The molecule has 1 unspecified atom stereocenters. The minimum absolute atomic E-state index is 0.0458. The summed E-state index contributed by atoms with van der Waals surface area (Å²) >= 11 is 5.99. The maximum absolute atomic E-state index is 12.1. The van der Waals surface area contributed by atoms with Gasteiger partial charge < -0.3 is 15.0 Å². The number of para-hydroxylation sites is 1. The summed E-state index contributed by atoms with van der Waals surface area (Å²) in [4.78, 5) is 13.2. The van der Waals surface area contributed by atoms with Crippen LogP contribution in [0.5, 0.6) is 5.75 Å². The Balaban J connectivity index is 1.74. The number of benzene rings is 2. The van der Waals surface area contributed by atoms with Crippen molar-refractivity contribution in [1.82, 2.24) is 5.32 Å². The monoisotopic (exact) mass is 347 g/mol. The summed E-state index contributed by atoms with van der Waals surface area (Å²) in [5, 5.41) is 3.69. The van der Waals surface area contributed by atoms with E-state index in [1.165, 1.54) is 0 Å². The van der Waals surface area contributed by atoms with Gasteiger partial charge in [0, 0.05) is 17.1 Å². The van der Waals surface area contributed by atoms with E-state index >= 15 is 0 Å². The molecule has 24 heavy (non-hydrogen) atoms. The van der Waals surface area contributed by atoms with Crippen molar-refractivity contribution in [3.05, 3.63) is 64.7 Å². The normalized spacial score (nSPS) is 11.8. The molecule has 2 rings (SSSR count). The Hall–Kier alpha value is -2.04. The van der Waals surface area contributed by atoms with Crippen LogP contribution in [0.1, 0.15) is 11.1 Å². The number of carbonyl (C=O) groups excluding carboxylic acids is 1. The molecule has 0 radical (unpaired) electrons. The molecular weight excluding hydrogens is 324 g/mol. The number of hydrogen-bond donors (Lipinski definition) is 2. The molecule has 0 aliphatic carbocycles. The number of nitrogens with one attached hydrogen (secondary N) is 2. The van der Waals surface area contributed by atoms with Crippen LogP contribution in [0, 0.1) is 0 Å². The summed E-state index contributed by atoms with van der Waals surface area (Å²) < 4.78 is 5.32. The summed E-state index contributed by atoms with van der Waals surface area (Å²) in [5.41, 5.74) is 2.22. The molecule has 4 nitrogen and oxygen atoms in total. The van der Waals surface area contributed by atoms with Crippen molar-refractivity contribution in [3.8, 4) is 5.75 Å². The second-order valence-corrected chi connectivity index (χ2v) is 6.29. The third kappa shape index (κ3) is 5.87. The highest BCUT2D eigenvalue weighted by atomic mass is 35.5. The van der Waals surface area contributed by atoms with Crippen molar-refractivity contribution < 1.29 is 14.4 Å². The minimum Gasteiger partial charge on any atom is -0.496 e. The van der Waals surface area contributed by atoms with Crippen LogP contribution < -0.4 is 15.0 Å². The summed E-state index contributed by atoms with van der Waals surface area (Å²) in [7, 11) is 3.66. The highest BCUT2D eigenvalue weighted by molar-refractivity contribution is 6.30. The van der Waals surface area contributed by atoms with Crippen LogP contribution in [0.2, 0.25) is 5.02 Å². The van der Waals surface area contributed by atoms with E-state index in [0.29, 0.717) is 13.1 Å². The molecule has 2 aromatic rings. The molecule has 0 spiro atoms. The average Bonchev–Trinajstić information content (AvgIpc) is 2.55. The first-order valence-corrected chi connectivity index (χ1v) is 8.40. The van der Waals surface area contributed by atoms with Crippen molar-refractivity contribution in [2.24, 2.45) is 0 Å². The van der Waals surface area contributed by atoms with Gasteiger partial charge in [-0.15, -0.1) is 0 Å². The molecule has 5 heteroatoms. The minimum atomic E-state index is 0.0458. The lowest BCUT2D eigenvalue weighted by molar-refractivity contribution is -0.885. The largest absolute Gasteiger partial charge is 0.496 e. The smallest absolute Gasteiger partial charge is 0.275 e. The van der Waals surface area contributed by atoms with Crippen LogP contribution in [0.15, 0.2) is 48.5 Å². The molecular formula is C19H24ClN2O2+. The Bertz CT molecular complexity index is 676. The Morgan fingerprint density at radius 1 is 1.21 bits per heavy atom. The second kappa shape index (κ2) is 9.30. The van der Waals surface area contributed by atoms with E-state index in [-0.39, 0.29) is 5.91 Å². The quantitative estimate of drug-likeness (QED) is 0.763. The van der Waals surface area contributed by atoms with Crippen LogP contribution >= 0.6 is 11.6 Å². The van der Waals surface area contributed by atoms with Gasteiger partial charge in [-0.1, -0.05) is 41.9 Å². The Morgan fingerprint density at radius 3 is 2.75 bits per heavy atom. The van der Waals surface area contributed by atoms with E-state index in [2.05, 4.69) is 5.32 Å². The van der Waals surface area contributed by atoms with Gasteiger partial charge in [-0.2, -0.15) is 0 Å². The summed E-state index contributed by atoms with van der Waals surface area (Å²) in [5.74, 6) is 0.903. The number of ether oxygens (including phenoxy) is 1. The number of amides is 1. The van der Waals surface area contributed by atoms with Crippen LogP contribution in [0.3, 0.4) is 0 Å². The van der Waals surface area contributed by atoms with Gasteiger partial charge in [-0.25, -0.2) is 0 Å². The molecule has 128 valence electrons. The highest BCUT2D eigenvalue weighted by Gasteiger charge is 2.11. The lowest BCUT2D eigenvalue weighted by Gasteiger charge is -2.14. The van der Waals surface area contributed by atoms with E-state index in [0.717, 1.165) is 39.8 Å². The van der Waals surface area contributed by atoms with Gasteiger partial charge in [-0.3, -0.25) is 4.79 Å². The molecule has 0 saturated heterocycles. The summed E-state index contributed by atoms with van der Waals surface area (Å²) in [6.45, 7) is 1.79. The van der Waals surface area contributed by atoms with Crippen molar-refractivity contribution >= 4 is 17.5 Å². The standard InChI is InChI=1S/C19H23ClN2O2/c1-22(13-15-6-5-8-17(20)12-15)14-19(23)21-11-10-16-7-3-4-9-18(16)24-2/h3-9,12H,10-11,13-14H2,1-2H3,(H,21,23)/p+1. The van der Waals surface area contributed by atoms with Crippen molar-refractivity contribution in [1.29, 1.82) is 0 Å². The summed E-state index contributed by atoms with van der Waals surface area (Å²) in [6.07, 6.45) is 0.753. The van der Waals surface area contributed by atoms with Crippen molar-refractivity contribution in [3.63, 3.8) is 0 Å². The van der Waals surface area contributed by atoms with Gasteiger partial charge in [0.05, 0.1) is 14.2 Å². The molecule has 2 N–H and O–H groups in total. The van der Waals surface area contributed by atoms with Gasteiger partial charge in [0.2, 0.25) is 0 Å². The molecule has 0 aromatic heterocycles. The molecule has 0 fully saturated rings. The van der Waals surface area contributed by atoms with Crippen molar-refractivity contribution in [2.45, 2.75) is 13.0 Å². The molecule has 2 aromatic carbocycles. The van der Waals surface area contributed by atoms with Gasteiger partial charge in [-0.05, 0) is 30.2 Å². The zero-order valence-corrected chi connectivity index (χ0v) is 14.9. The highest BCUT2D eigenvalue weighted by Crippen LogP contribution is 2.17. The van der Waals surface area contributed by atoms with Crippen molar-refractivity contribution in [2.75, 3.05) is 27.2 Å². The molecule has 1 atom stereocenters. The number of likely N-dealkylation sites (N-methyl/N-ethyl adjacent to an activating group) is 1. The molecule has 0 aliphatic heterocycles. The zero-order valence-electron chi connectivity index (χ0n) is 14.1. The predicted molar refractivity (Wildman–Crippen MR) is 96.6 cm³/mol. The Morgan fingerprint density at radius 2 is 2.00 bits per heavy atom. The summed E-state index contributed by atoms with van der Waals surface area (Å²) in [6, 6.07) is 15.6. The lowest BCUT2D eigenvalue weighted by Crippen LogP contribution is -3.08. The van der Waals surface area contributed by atoms with Gasteiger partial charge >= 0.3 is 0 Å². The Labute approximate surface area is 148 Å². The van der Waals surface area contributed by atoms with Crippen LogP contribution in [-0.4, -0.2) is 33.2 Å². The number of quaternary nitrogens is 1. The topological polar surface area (TPSA) is 42.8 Å². The van der Waals surface area contributed by atoms with E-state index in [1.54, 1.807) is 7.11 Å². The Kier molecular flexibility index (Phi) is 7.09. The number of halogens is 1.